The van der Waals surface area contributed by atoms with Gasteiger partial charge in [-0.1, -0.05) is 0 Å². The van der Waals surface area contributed by atoms with Gasteiger partial charge in [-0.25, -0.2) is 4.79 Å². The van der Waals surface area contributed by atoms with E-state index < -0.39 is 5.97 Å². The summed E-state index contributed by atoms with van der Waals surface area (Å²) < 4.78 is 4.63. The average Bonchev–Trinajstić information content (AvgIpc) is 2.00. The highest BCUT2D eigenvalue weighted by Gasteiger charge is 2.08. The molecule has 0 aromatic rings. The quantitative estimate of drug-likeness (QED) is 0.199. The first-order valence-corrected chi connectivity index (χ1v) is 3.62. The zero-order valence-electron chi connectivity index (χ0n) is 7.53. The third kappa shape index (κ3) is 3.75. The largest absolute Gasteiger partial charge is 0.462 e. The number of carbonyl (C=O) groups is 2. The van der Waals surface area contributed by atoms with Gasteiger partial charge in [0.1, 0.15) is 5.57 Å². The van der Waals surface area contributed by atoms with Gasteiger partial charge in [0.15, 0.2) is 6.29 Å². The monoisotopic (exact) mass is 171 g/mol. The first-order valence-electron chi connectivity index (χ1n) is 3.62. The van der Waals surface area contributed by atoms with Gasteiger partial charge in [-0.2, -0.15) is 0 Å². The third-order valence-electron chi connectivity index (χ3n) is 1.04. The lowest BCUT2D eigenvalue weighted by atomic mass is 10.3. The molecule has 0 saturated heterocycles. The van der Waals surface area contributed by atoms with Crippen LogP contribution in [-0.2, 0) is 14.3 Å². The Labute approximate surface area is 71.8 Å². The van der Waals surface area contributed by atoms with Crippen molar-refractivity contribution in [2.45, 2.75) is 6.92 Å². The molecular formula is C8H13NO3. The Balaban J connectivity index is 4.34. The van der Waals surface area contributed by atoms with E-state index in [1.807, 2.05) is 0 Å². The molecule has 0 aliphatic heterocycles. The van der Waals surface area contributed by atoms with Crippen molar-refractivity contribution < 1.29 is 14.3 Å². The molecule has 0 spiro atoms. The molecule has 4 heteroatoms. The molecule has 0 bridgehead atoms. The predicted octanol–water partition coefficient (Wildman–Crippen LogP) is 0.194. The molecule has 0 aliphatic rings. The van der Waals surface area contributed by atoms with E-state index in [2.05, 4.69) is 4.74 Å². The highest BCUT2D eigenvalue weighted by atomic mass is 16.5. The van der Waals surface area contributed by atoms with E-state index in [-0.39, 0.29) is 12.2 Å². The Morgan fingerprint density at radius 1 is 1.50 bits per heavy atom. The number of nitrogens with zero attached hydrogens (tertiary/aromatic N) is 1. The Morgan fingerprint density at radius 3 is 2.42 bits per heavy atom. The van der Waals surface area contributed by atoms with Crippen LogP contribution in [0, 0.1) is 0 Å². The lowest BCUT2D eigenvalue weighted by Gasteiger charge is -2.06. The van der Waals surface area contributed by atoms with E-state index >= 15 is 0 Å². The molecule has 0 aliphatic carbocycles. The average molecular weight is 171 g/mol. The summed E-state index contributed by atoms with van der Waals surface area (Å²) in [5.74, 6) is -0.582. The molecule has 12 heavy (non-hydrogen) atoms. The molecule has 0 aromatic carbocycles. The molecular weight excluding hydrogens is 158 g/mol. The van der Waals surface area contributed by atoms with Crippen molar-refractivity contribution >= 4 is 12.3 Å². The molecule has 0 atom stereocenters. The SMILES string of the molecule is CCOC(=O)/C(C=O)=C\N(C)C. The van der Waals surface area contributed by atoms with Crippen LogP contribution < -0.4 is 0 Å². The summed E-state index contributed by atoms with van der Waals surface area (Å²) in [6, 6.07) is 0. The maximum Gasteiger partial charge on any atom is 0.342 e. The Bertz CT molecular complexity index is 196. The van der Waals surface area contributed by atoms with Crippen LogP contribution in [0.3, 0.4) is 0 Å². The molecule has 0 fully saturated rings. The predicted molar refractivity (Wildman–Crippen MR) is 44.5 cm³/mol. The highest BCUT2D eigenvalue weighted by Crippen LogP contribution is 1.95. The fourth-order valence-corrected chi connectivity index (χ4v) is 0.624. The van der Waals surface area contributed by atoms with E-state index in [0.717, 1.165) is 0 Å². The number of carbonyl (C=O) groups excluding carboxylic acids is 2. The second kappa shape index (κ2) is 5.35. The van der Waals surface area contributed by atoms with Crippen molar-refractivity contribution in [1.29, 1.82) is 0 Å². The minimum atomic E-state index is -0.582. The fraction of sp³-hybridized carbons (Fsp3) is 0.500. The van der Waals surface area contributed by atoms with Crippen LogP contribution in [0.4, 0.5) is 0 Å². The van der Waals surface area contributed by atoms with Gasteiger partial charge >= 0.3 is 5.97 Å². The fourth-order valence-electron chi connectivity index (χ4n) is 0.624. The second-order valence-electron chi connectivity index (χ2n) is 2.39. The summed E-state index contributed by atoms with van der Waals surface area (Å²) in [5, 5.41) is 0. The summed E-state index contributed by atoms with van der Waals surface area (Å²) in [6.45, 7) is 1.97. The highest BCUT2D eigenvalue weighted by molar-refractivity contribution is 6.07. The summed E-state index contributed by atoms with van der Waals surface area (Å²) in [5.41, 5.74) is 0.0295. The molecule has 0 amide bonds. The molecule has 0 aromatic heterocycles. The normalized spacial score (nSPS) is 10.8. The summed E-state index contributed by atoms with van der Waals surface area (Å²) in [7, 11) is 3.45. The van der Waals surface area contributed by atoms with Crippen molar-refractivity contribution in [2.24, 2.45) is 0 Å². The zero-order chi connectivity index (χ0) is 9.56. The maximum absolute atomic E-state index is 11.0. The van der Waals surface area contributed by atoms with E-state index in [9.17, 15) is 9.59 Å². The van der Waals surface area contributed by atoms with E-state index in [0.29, 0.717) is 6.29 Å². The van der Waals surface area contributed by atoms with Gasteiger partial charge in [-0.05, 0) is 6.92 Å². The molecule has 0 saturated carbocycles. The Kier molecular flexibility index (Phi) is 4.76. The van der Waals surface area contributed by atoms with E-state index in [1.165, 1.54) is 6.20 Å². The van der Waals surface area contributed by atoms with Crippen LogP contribution in [0.15, 0.2) is 11.8 Å². The lowest BCUT2D eigenvalue weighted by Crippen LogP contribution is -2.13. The summed E-state index contributed by atoms with van der Waals surface area (Å²) in [6.07, 6.45) is 1.91. The second-order valence-corrected chi connectivity index (χ2v) is 2.39. The van der Waals surface area contributed by atoms with Crippen molar-refractivity contribution in [3.05, 3.63) is 11.8 Å². The third-order valence-corrected chi connectivity index (χ3v) is 1.04. The number of hydrogen-bond donors (Lipinski definition) is 0. The van der Waals surface area contributed by atoms with Gasteiger partial charge in [-0.3, -0.25) is 4.79 Å². The number of ether oxygens (including phenoxy) is 1. The van der Waals surface area contributed by atoms with Crippen molar-refractivity contribution in [3.8, 4) is 0 Å². The van der Waals surface area contributed by atoms with Gasteiger partial charge in [0.2, 0.25) is 0 Å². The van der Waals surface area contributed by atoms with Crippen molar-refractivity contribution in [1.82, 2.24) is 4.90 Å². The molecule has 4 nitrogen and oxygen atoms in total. The van der Waals surface area contributed by atoms with Gasteiger partial charge in [0.05, 0.1) is 6.61 Å². The van der Waals surface area contributed by atoms with E-state index in [4.69, 9.17) is 0 Å². The van der Waals surface area contributed by atoms with Crippen LogP contribution in [0.5, 0.6) is 0 Å². The molecule has 0 heterocycles. The van der Waals surface area contributed by atoms with Crippen LogP contribution >= 0.6 is 0 Å². The molecule has 68 valence electrons. The smallest absolute Gasteiger partial charge is 0.342 e. The Morgan fingerprint density at radius 2 is 2.08 bits per heavy atom. The first-order chi connectivity index (χ1) is 5.61. The summed E-state index contributed by atoms with van der Waals surface area (Å²) >= 11 is 0. The number of hydrogen-bond acceptors (Lipinski definition) is 4. The van der Waals surface area contributed by atoms with E-state index in [1.54, 1.807) is 25.9 Å². The Hall–Kier alpha value is -1.32. The van der Waals surface area contributed by atoms with Gasteiger partial charge in [0.25, 0.3) is 0 Å². The van der Waals surface area contributed by atoms with Gasteiger partial charge in [-0.15, -0.1) is 0 Å². The molecule has 0 radical (unpaired) electrons. The minimum Gasteiger partial charge on any atom is -0.462 e. The lowest BCUT2D eigenvalue weighted by molar-refractivity contribution is -0.139. The summed E-state index contributed by atoms with van der Waals surface area (Å²) in [4.78, 5) is 22.9. The van der Waals surface area contributed by atoms with Crippen LogP contribution in [-0.4, -0.2) is 37.9 Å². The minimum absolute atomic E-state index is 0.0295. The molecule has 0 N–H and O–H groups in total. The van der Waals surface area contributed by atoms with Gasteiger partial charge in [0, 0.05) is 20.3 Å². The number of rotatable bonds is 4. The zero-order valence-corrected chi connectivity index (χ0v) is 7.53. The van der Waals surface area contributed by atoms with Crippen molar-refractivity contribution in [3.63, 3.8) is 0 Å². The molecule has 0 rings (SSSR count). The van der Waals surface area contributed by atoms with Crippen LogP contribution in [0.2, 0.25) is 0 Å². The van der Waals surface area contributed by atoms with Crippen LogP contribution in [0.25, 0.3) is 0 Å². The topological polar surface area (TPSA) is 46.6 Å². The number of esters is 1. The maximum atomic E-state index is 11.0. The van der Waals surface area contributed by atoms with Gasteiger partial charge < -0.3 is 9.64 Å². The first kappa shape index (κ1) is 10.7. The molecule has 0 unspecified atom stereocenters. The standard InChI is InChI=1S/C8H13NO3/c1-4-12-8(11)7(6-10)5-9(2)3/h5-6H,4H2,1-3H3/b7-5-. The number of aldehydes is 1. The van der Waals surface area contributed by atoms with Crippen molar-refractivity contribution in [2.75, 3.05) is 20.7 Å². The van der Waals surface area contributed by atoms with Crippen LogP contribution in [0.1, 0.15) is 6.92 Å².